The Kier molecular flexibility index (Phi) is 5.38. The van der Waals surface area contributed by atoms with Crippen molar-refractivity contribution in [3.8, 4) is 5.75 Å². The number of ether oxygens (including phenoxy) is 1. The molecule has 0 saturated carbocycles. The van der Waals surface area contributed by atoms with Crippen molar-refractivity contribution in [1.82, 2.24) is 0 Å². The average Bonchev–Trinajstić information content (AvgIpc) is 3.13. The summed E-state index contributed by atoms with van der Waals surface area (Å²) in [5, 5.41) is 13.4. The SMILES string of the molecule is COc1ccccc1C1/C(=C(\O)c2ccc3ccccc3c2)C(=O)C(=O)N1c1cccc(C)c1. The Balaban J connectivity index is 1.76. The van der Waals surface area contributed by atoms with Gasteiger partial charge in [0.2, 0.25) is 0 Å². The van der Waals surface area contributed by atoms with E-state index in [9.17, 15) is 14.7 Å². The van der Waals surface area contributed by atoms with E-state index in [-0.39, 0.29) is 11.3 Å². The van der Waals surface area contributed by atoms with Crippen LogP contribution in [-0.4, -0.2) is 23.9 Å². The van der Waals surface area contributed by atoms with E-state index in [0.717, 1.165) is 16.3 Å². The van der Waals surface area contributed by atoms with Gasteiger partial charge in [-0.1, -0.05) is 66.7 Å². The van der Waals surface area contributed by atoms with Crippen LogP contribution in [0.3, 0.4) is 0 Å². The molecule has 34 heavy (non-hydrogen) atoms. The Bertz CT molecular complexity index is 1470. The van der Waals surface area contributed by atoms with E-state index in [2.05, 4.69) is 0 Å². The monoisotopic (exact) mass is 449 g/mol. The van der Waals surface area contributed by atoms with Crippen molar-refractivity contribution in [2.75, 3.05) is 12.0 Å². The minimum Gasteiger partial charge on any atom is -0.507 e. The van der Waals surface area contributed by atoms with Gasteiger partial charge in [-0.15, -0.1) is 0 Å². The number of amides is 1. The number of benzene rings is 4. The van der Waals surface area contributed by atoms with Gasteiger partial charge in [-0.05, 0) is 47.5 Å². The zero-order valence-electron chi connectivity index (χ0n) is 18.9. The molecular formula is C29H23NO4. The number of Topliss-reactive ketones (excluding diaryl/α,β-unsaturated/α-hetero) is 1. The fourth-order valence-electron chi connectivity index (χ4n) is 4.56. The molecule has 0 radical (unpaired) electrons. The number of aryl methyl sites for hydroxylation is 1. The maximum absolute atomic E-state index is 13.4. The summed E-state index contributed by atoms with van der Waals surface area (Å²) in [6, 6.07) is 27.0. The normalized spacial score (nSPS) is 17.4. The van der Waals surface area contributed by atoms with Gasteiger partial charge in [0, 0.05) is 16.8 Å². The lowest BCUT2D eigenvalue weighted by molar-refractivity contribution is -0.132. The number of aliphatic hydroxyl groups is 1. The lowest BCUT2D eigenvalue weighted by Gasteiger charge is -2.27. The first-order valence-electron chi connectivity index (χ1n) is 11.0. The largest absolute Gasteiger partial charge is 0.507 e. The lowest BCUT2D eigenvalue weighted by Crippen LogP contribution is -2.29. The molecule has 1 saturated heterocycles. The molecule has 1 amide bonds. The third-order valence-corrected chi connectivity index (χ3v) is 6.18. The molecule has 0 aromatic heterocycles. The second-order valence-corrected chi connectivity index (χ2v) is 8.31. The van der Waals surface area contributed by atoms with E-state index in [1.165, 1.54) is 4.90 Å². The van der Waals surface area contributed by atoms with Crippen LogP contribution in [0.15, 0.2) is 96.6 Å². The molecule has 0 aliphatic carbocycles. The Hall–Kier alpha value is -4.38. The predicted octanol–water partition coefficient (Wildman–Crippen LogP) is 5.78. The van der Waals surface area contributed by atoms with Crippen molar-refractivity contribution in [1.29, 1.82) is 0 Å². The van der Waals surface area contributed by atoms with Gasteiger partial charge in [-0.25, -0.2) is 0 Å². The molecular weight excluding hydrogens is 426 g/mol. The summed E-state index contributed by atoms with van der Waals surface area (Å²) in [5.74, 6) is -1.11. The third-order valence-electron chi connectivity index (χ3n) is 6.18. The topological polar surface area (TPSA) is 66.8 Å². The van der Waals surface area contributed by atoms with Crippen molar-refractivity contribution in [2.24, 2.45) is 0 Å². The van der Waals surface area contributed by atoms with Gasteiger partial charge in [0.15, 0.2) is 0 Å². The maximum atomic E-state index is 13.4. The first kappa shape index (κ1) is 21.5. The van der Waals surface area contributed by atoms with Crippen LogP contribution in [0.1, 0.15) is 22.7 Å². The Labute approximate surface area is 197 Å². The van der Waals surface area contributed by atoms with Crippen LogP contribution in [-0.2, 0) is 9.59 Å². The van der Waals surface area contributed by atoms with E-state index in [1.54, 1.807) is 25.3 Å². The molecule has 5 nitrogen and oxygen atoms in total. The summed E-state index contributed by atoms with van der Waals surface area (Å²) in [4.78, 5) is 28.2. The number of hydrogen-bond donors (Lipinski definition) is 1. The number of carbonyl (C=O) groups is 2. The van der Waals surface area contributed by atoms with E-state index in [0.29, 0.717) is 22.6 Å². The minimum absolute atomic E-state index is 0.0336. The van der Waals surface area contributed by atoms with Crippen LogP contribution in [0.2, 0.25) is 0 Å². The number of carbonyl (C=O) groups excluding carboxylic acids is 2. The zero-order valence-corrected chi connectivity index (χ0v) is 18.9. The fraction of sp³-hybridized carbons (Fsp3) is 0.103. The molecule has 1 heterocycles. The van der Waals surface area contributed by atoms with Crippen LogP contribution in [0.25, 0.3) is 16.5 Å². The molecule has 1 N–H and O–H groups in total. The summed E-state index contributed by atoms with van der Waals surface area (Å²) in [5.41, 5.74) is 2.66. The van der Waals surface area contributed by atoms with Gasteiger partial charge in [-0.3, -0.25) is 14.5 Å². The van der Waals surface area contributed by atoms with Crippen LogP contribution in [0.4, 0.5) is 5.69 Å². The number of rotatable bonds is 4. The molecule has 0 bridgehead atoms. The van der Waals surface area contributed by atoms with Crippen LogP contribution >= 0.6 is 0 Å². The van der Waals surface area contributed by atoms with Gasteiger partial charge in [0.25, 0.3) is 11.7 Å². The molecule has 4 aromatic rings. The number of hydrogen-bond acceptors (Lipinski definition) is 4. The van der Waals surface area contributed by atoms with Crippen molar-refractivity contribution in [3.63, 3.8) is 0 Å². The van der Waals surface area contributed by atoms with Crippen LogP contribution in [0, 0.1) is 6.92 Å². The number of ketones is 1. The highest BCUT2D eigenvalue weighted by Crippen LogP contribution is 2.45. The maximum Gasteiger partial charge on any atom is 0.300 e. The number of anilines is 1. The standard InChI is InChI=1S/C29H23NO4/c1-18-8-7-11-22(16-18)30-26(23-12-5-6-13-24(23)34-2)25(28(32)29(30)33)27(31)21-15-14-19-9-3-4-10-20(19)17-21/h3-17,26,31H,1-2H3/b27-25+. The Morgan fingerprint density at radius 1 is 0.853 bits per heavy atom. The van der Waals surface area contributed by atoms with Gasteiger partial charge in [0.1, 0.15) is 11.5 Å². The van der Waals surface area contributed by atoms with E-state index in [4.69, 9.17) is 4.74 Å². The summed E-state index contributed by atoms with van der Waals surface area (Å²) < 4.78 is 5.57. The van der Waals surface area contributed by atoms with Crippen molar-refractivity contribution < 1.29 is 19.4 Å². The number of nitrogens with zero attached hydrogens (tertiary/aromatic N) is 1. The number of methoxy groups -OCH3 is 1. The highest BCUT2D eigenvalue weighted by molar-refractivity contribution is 6.51. The fourth-order valence-corrected chi connectivity index (χ4v) is 4.56. The van der Waals surface area contributed by atoms with Gasteiger partial charge >= 0.3 is 0 Å². The first-order chi connectivity index (χ1) is 16.5. The molecule has 5 rings (SSSR count). The Morgan fingerprint density at radius 3 is 2.35 bits per heavy atom. The predicted molar refractivity (Wildman–Crippen MR) is 133 cm³/mol. The van der Waals surface area contributed by atoms with Crippen molar-refractivity contribution in [3.05, 3.63) is 113 Å². The lowest BCUT2D eigenvalue weighted by atomic mass is 9.93. The van der Waals surface area contributed by atoms with Crippen molar-refractivity contribution in [2.45, 2.75) is 13.0 Å². The van der Waals surface area contributed by atoms with Gasteiger partial charge in [-0.2, -0.15) is 0 Å². The molecule has 4 aromatic carbocycles. The summed E-state index contributed by atoms with van der Waals surface area (Å²) in [6.07, 6.45) is 0. The van der Waals surface area contributed by atoms with E-state index in [1.807, 2.05) is 79.7 Å². The number of para-hydroxylation sites is 1. The average molecular weight is 450 g/mol. The Morgan fingerprint density at radius 2 is 1.59 bits per heavy atom. The van der Waals surface area contributed by atoms with Crippen LogP contribution in [0.5, 0.6) is 5.75 Å². The minimum atomic E-state index is -0.843. The highest BCUT2D eigenvalue weighted by atomic mass is 16.5. The molecule has 1 aliphatic rings. The van der Waals surface area contributed by atoms with Crippen LogP contribution < -0.4 is 9.64 Å². The summed E-state index contributed by atoms with van der Waals surface area (Å²) in [7, 11) is 1.54. The molecule has 168 valence electrons. The van der Waals surface area contributed by atoms with Gasteiger partial charge in [0.05, 0.1) is 18.7 Å². The van der Waals surface area contributed by atoms with E-state index < -0.39 is 17.7 Å². The molecule has 5 heteroatoms. The molecule has 0 spiro atoms. The first-order valence-corrected chi connectivity index (χ1v) is 11.0. The molecule has 1 atom stereocenters. The smallest absolute Gasteiger partial charge is 0.300 e. The zero-order chi connectivity index (χ0) is 23.8. The molecule has 1 aliphatic heterocycles. The highest BCUT2D eigenvalue weighted by Gasteiger charge is 2.47. The molecule has 1 unspecified atom stereocenters. The quantitative estimate of drug-likeness (QED) is 0.244. The van der Waals surface area contributed by atoms with Gasteiger partial charge < -0.3 is 9.84 Å². The second-order valence-electron chi connectivity index (χ2n) is 8.31. The number of fused-ring (bicyclic) bond motifs is 1. The second kappa shape index (κ2) is 8.52. The van der Waals surface area contributed by atoms with Crippen molar-refractivity contribution >= 4 is 33.9 Å². The number of aliphatic hydroxyl groups excluding tert-OH is 1. The summed E-state index contributed by atoms with van der Waals surface area (Å²) in [6.45, 7) is 1.92. The van der Waals surface area contributed by atoms with E-state index >= 15 is 0 Å². The summed E-state index contributed by atoms with van der Waals surface area (Å²) >= 11 is 0. The molecule has 1 fully saturated rings. The third kappa shape index (κ3) is 3.52.